The van der Waals surface area contributed by atoms with Gasteiger partial charge in [-0.2, -0.15) is 5.10 Å². The number of methoxy groups -OCH3 is 1. The number of nitro groups is 1. The third kappa shape index (κ3) is 2.41. The zero-order valence-corrected chi connectivity index (χ0v) is 10.2. The lowest BCUT2D eigenvalue weighted by atomic mass is 10.2. The van der Waals surface area contributed by atoms with E-state index in [1.807, 2.05) is 0 Å². The molecule has 0 amide bonds. The zero-order valence-electron chi connectivity index (χ0n) is 10.2. The first-order chi connectivity index (χ1) is 9.02. The number of carbonyl (C=O) groups excluding carboxylic acids is 1. The van der Waals surface area contributed by atoms with E-state index >= 15 is 0 Å². The van der Waals surface area contributed by atoms with Crippen LogP contribution in [0.2, 0.25) is 0 Å². The van der Waals surface area contributed by atoms with Crippen LogP contribution in [0.1, 0.15) is 16.1 Å². The Hall–Kier alpha value is -2.77. The number of ether oxygens (including phenoxy) is 1. The van der Waals surface area contributed by atoms with E-state index in [9.17, 15) is 14.9 Å². The van der Waals surface area contributed by atoms with E-state index in [2.05, 4.69) is 14.8 Å². The molecule has 2 aromatic rings. The van der Waals surface area contributed by atoms with Crippen molar-refractivity contribution in [2.75, 3.05) is 7.11 Å². The van der Waals surface area contributed by atoms with Crippen LogP contribution < -0.4 is 0 Å². The minimum absolute atomic E-state index is 0.116. The molecule has 19 heavy (non-hydrogen) atoms. The lowest BCUT2D eigenvalue weighted by Crippen LogP contribution is -2.08. The Kier molecular flexibility index (Phi) is 3.23. The van der Waals surface area contributed by atoms with E-state index in [-0.39, 0.29) is 11.4 Å². The summed E-state index contributed by atoms with van der Waals surface area (Å²) >= 11 is 0. The number of hydrogen-bond acceptors (Lipinski definition) is 6. The number of hydrogen-bond donors (Lipinski definition) is 0. The fourth-order valence-electron chi connectivity index (χ4n) is 1.54. The van der Waals surface area contributed by atoms with Gasteiger partial charge in [-0.3, -0.25) is 10.1 Å². The van der Waals surface area contributed by atoms with Gasteiger partial charge in [0.15, 0.2) is 5.69 Å². The SMILES string of the molecule is COC(=O)c1ncc(-n2cc([N+](=O)[O-])cn2)cc1C. The second kappa shape index (κ2) is 4.84. The van der Waals surface area contributed by atoms with Crippen molar-refractivity contribution in [3.8, 4) is 5.69 Å². The predicted octanol–water partition coefficient (Wildman–Crippen LogP) is 1.27. The maximum atomic E-state index is 11.4. The summed E-state index contributed by atoms with van der Waals surface area (Å²) in [7, 11) is 1.27. The first-order valence-corrected chi connectivity index (χ1v) is 5.27. The zero-order chi connectivity index (χ0) is 14.0. The molecule has 8 heteroatoms. The van der Waals surface area contributed by atoms with E-state index in [1.165, 1.54) is 24.2 Å². The molecule has 0 saturated carbocycles. The highest BCUT2D eigenvalue weighted by Gasteiger charge is 2.14. The Morgan fingerprint density at radius 3 is 2.74 bits per heavy atom. The summed E-state index contributed by atoms with van der Waals surface area (Å²) in [4.78, 5) is 25.4. The highest BCUT2D eigenvalue weighted by Crippen LogP contribution is 2.15. The van der Waals surface area contributed by atoms with Gasteiger partial charge in [0.05, 0.1) is 23.9 Å². The van der Waals surface area contributed by atoms with Crippen LogP contribution in [0.4, 0.5) is 5.69 Å². The van der Waals surface area contributed by atoms with Gasteiger partial charge in [-0.05, 0) is 18.6 Å². The van der Waals surface area contributed by atoms with Crippen LogP contribution >= 0.6 is 0 Å². The molecule has 0 saturated heterocycles. The van der Waals surface area contributed by atoms with Crippen LogP contribution in [0.3, 0.4) is 0 Å². The van der Waals surface area contributed by atoms with Crippen molar-refractivity contribution in [2.24, 2.45) is 0 Å². The Bertz CT molecular complexity index is 650. The molecule has 2 heterocycles. The number of nitrogens with zero attached hydrogens (tertiary/aromatic N) is 4. The Morgan fingerprint density at radius 1 is 1.47 bits per heavy atom. The van der Waals surface area contributed by atoms with Crippen LogP contribution in [0.15, 0.2) is 24.7 Å². The van der Waals surface area contributed by atoms with Gasteiger partial charge in [-0.25, -0.2) is 14.5 Å². The molecule has 0 radical (unpaired) electrons. The average Bonchev–Trinajstić information content (AvgIpc) is 2.87. The lowest BCUT2D eigenvalue weighted by molar-refractivity contribution is -0.384. The number of carbonyl (C=O) groups is 1. The third-order valence-electron chi connectivity index (χ3n) is 2.49. The molecule has 0 aromatic carbocycles. The molecule has 0 bridgehead atoms. The number of aryl methyl sites for hydroxylation is 1. The summed E-state index contributed by atoms with van der Waals surface area (Å²) < 4.78 is 5.90. The van der Waals surface area contributed by atoms with Gasteiger partial charge in [0.2, 0.25) is 0 Å². The summed E-state index contributed by atoms with van der Waals surface area (Å²) in [6.45, 7) is 1.70. The second-order valence-electron chi connectivity index (χ2n) is 3.75. The summed E-state index contributed by atoms with van der Waals surface area (Å²) in [5.74, 6) is -0.532. The molecule has 2 rings (SSSR count). The lowest BCUT2D eigenvalue weighted by Gasteiger charge is -2.05. The second-order valence-corrected chi connectivity index (χ2v) is 3.75. The van der Waals surface area contributed by atoms with Gasteiger partial charge >= 0.3 is 11.7 Å². The molecule has 8 nitrogen and oxygen atoms in total. The molecule has 2 aromatic heterocycles. The number of aromatic nitrogens is 3. The van der Waals surface area contributed by atoms with E-state index in [0.717, 1.165) is 6.20 Å². The van der Waals surface area contributed by atoms with Crippen molar-refractivity contribution < 1.29 is 14.5 Å². The minimum Gasteiger partial charge on any atom is -0.464 e. The molecule has 0 aliphatic heterocycles. The van der Waals surface area contributed by atoms with Gasteiger partial charge in [-0.1, -0.05) is 0 Å². The third-order valence-corrected chi connectivity index (χ3v) is 2.49. The number of rotatable bonds is 3. The molecule has 0 atom stereocenters. The van der Waals surface area contributed by atoms with Crippen molar-refractivity contribution >= 4 is 11.7 Å². The van der Waals surface area contributed by atoms with Crippen LogP contribution in [0, 0.1) is 17.0 Å². The summed E-state index contributed by atoms with van der Waals surface area (Å²) in [6, 6.07) is 1.65. The molecule has 0 aliphatic carbocycles. The molecule has 0 N–H and O–H groups in total. The smallest absolute Gasteiger partial charge is 0.356 e. The van der Waals surface area contributed by atoms with E-state index in [1.54, 1.807) is 13.0 Å². The quantitative estimate of drug-likeness (QED) is 0.469. The highest BCUT2D eigenvalue weighted by atomic mass is 16.6. The van der Waals surface area contributed by atoms with Crippen molar-refractivity contribution in [2.45, 2.75) is 6.92 Å². The molecular weight excluding hydrogens is 252 g/mol. The summed E-state index contributed by atoms with van der Waals surface area (Å²) in [5.41, 5.74) is 1.21. The molecule has 98 valence electrons. The van der Waals surface area contributed by atoms with Crippen LogP contribution in [0.5, 0.6) is 0 Å². The fraction of sp³-hybridized carbons (Fsp3) is 0.182. The number of pyridine rings is 1. The predicted molar refractivity (Wildman–Crippen MR) is 64.1 cm³/mol. The monoisotopic (exact) mass is 262 g/mol. The van der Waals surface area contributed by atoms with E-state index in [4.69, 9.17) is 0 Å². The normalized spacial score (nSPS) is 10.2. The van der Waals surface area contributed by atoms with Crippen LogP contribution in [-0.2, 0) is 4.74 Å². The maximum absolute atomic E-state index is 11.4. The molecular formula is C11H10N4O4. The Balaban J connectivity index is 2.38. The molecule has 0 spiro atoms. The van der Waals surface area contributed by atoms with E-state index in [0.29, 0.717) is 11.3 Å². The van der Waals surface area contributed by atoms with Gasteiger partial charge in [0.1, 0.15) is 12.4 Å². The molecule has 0 unspecified atom stereocenters. The van der Waals surface area contributed by atoms with Crippen molar-refractivity contribution in [3.05, 3.63) is 46.0 Å². The highest BCUT2D eigenvalue weighted by molar-refractivity contribution is 5.88. The van der Waals surface area contributed by atoms with E-state index < -0.39 is 10.9 Å². The van der Waals surface area contributed by atoms with Crippen LogP contribution in [-0.4, -0.2) is 32.8 Å². The topological polar surface area (TPSA) is 100 Å². The van der Waals surface area contributed by atoms with Crippen LogP contribution in [0.25, 0.3) is 5.69 Å². The first kappa shape index (κ1) is 12.7. The largest absolute Gasteiger partial charge is 0.464 e. The average molecular weight is 262 g/mol. The summed E-state index contributed by atoms with van der Waals surface area (Å²) in [6.07, 6.45) is 3.81. The Labute approximate surface area is 107 Å². The van der Waals surface area contributed by atoms with Gasteiger partial charge < -0.3 is 4.74 Å². The van der Waals surface area contributed by atoms with Gasteiger partial charge in [-0.15, -0.1) is 0 Å². The van der Waals surface area contributed by atoms with Crippen molar-refractivity contribution in [1.29, 1.82) is 0 Å². The minimum atomic E-state index is -0.535. The molecule has 0 aliphatic rings. The fourth-order valence-corrected chi connectivity index (χ4v) is 1.54. The Morgan fingerprint density at radius 2 is 2.21 bits per heavy atom. The summed E-state index contributed by atoms with van der Waals surface area (Å²) in [5, 5.41) is 14.4. The van der Waals surface area contributed by atoms with Gasteiger partial charge in [0, 0.05) is 0 Å². The van der Waals surface area contributed by atoms with Gasteiger partial charge in [0.25, 0.3) is 0 Å². The maximum Gasteiger partial charge on any atom is 0.356 e. The molecule has 0 fully saturated rings. The van der Waals surface area contributed by atoms with Crippen molar-refractivity contribution in [1.82, 2.24) is 14.8 Å². The van der Waals surface area contributed by atoms with Crippen molar-refractivity contribution in [3.63, 3.8) is 0 Å². The first-order valence-electron chi connectivity index (χ1n) is 5.27. The standard InChI is InChI=1S/C11H10N4O4/c1-7-3-8(4-12-10(7)11(16)19-2)14-6-9(5-13-14)15(17)18/h3-6H,1-2H3. The number of esters is 1.